The molecule has 0 radical (unpaired) electrons. The van der Waals surface area contributed by atoms with Gasteiger partial charge >= 0.3 is 5.97 Å². The van der Waals surface area contributed by atoms with Crippen molar-refractivity contribution in [1.82, 2.24) is 5.32 Å². The van der Waals surface area contributed by atoms with Crippen molar-refractivity contribution in [3.63, 3.8) is 0 Å². The number of halogens is 1. The Morgan fingerprint density at radius 1 is 1.38 bits per heavy atom. The lowest BCUT2D eigenvalue weighted by Gasteiger charge is -2.17. The fourth-order valence-corrected chi connectivity index (χ4v) is 1.94. The third-order valence-corrected chi connectivity index (χ3v) is 2.78. The number of carboxylic acid groups (broad SMARTS) is 1. The first-order valence-electron chi connectivity index (χ1n) is 5.29. The summed E-state index contributed by atoms with van der Waals surface area (Å²) in [6.07, 6.45) is 1.91. The summed E-state index contributed by atoms with van der Waals surface area (Å²) in [6, 6.07) is 6.30. The molecule has 0 saturated heterocycles. The van der Waals surface area contributed by atoms with E-state index in [1.807, 2.05) is 6.07 Å². The van der Waals surface area contributed by atoms with Crippen molar-refractivity contribution in [3.05, 3.63) is 34.9 Å². The molecule has 0 aliphatic carbocycles. The van der Waals surface area contributed by atoms with Gasteiger partial charge in [0.15, 0.2) is 0 Å². The zero-order chi connectivity index (χ0) is 10.7. The molecule has 4 heteroatoms. The third-order valence-electron chi connectivity index (χ3n) is 2.78. The van der Waals surface area contributed by atoms with E-state index in [0.29, 0.717) is 6.42 Å². The van der Waals surface area contributed by atoms with Crippen LogP contribution in [0.1, 0.15) is 23.1 Å². The van der Waals surface area contributed by atoms with Crippen molar-refractivity contribution >= 4 is 18.4 Å². The Morgan fingerprint density at radius 3 is 2.94 bits per heavy atom. The molecule has 0 fully saturated rings. The maximum atomic E-state index is 10.5. The highest BCUT2D eigenvalue weighted by Gasteiger charge is 2.09. The lowest BCUT2D eigenvalue weighted by atomic mass is 9.97. The summed E-state index contributed by atoms with van der Waals surface area (Å²) in [4.78, 5) is 10.5. The average molecular weight is 242 g/mol. The number of carbonyl (C=O) groups is 1. The van der Waals surface area contributed by atoms with Gasteiger partial charge in [-0.05, 0) is 36.1 Å². The Hall–Kier alpha value is -1.06. The van der Waals surface area contributed by atoms with E-state index in [0.717, 1.165) is 25.1 Å². The largest absolute Gasteiger partial charge is 0.481 e. The Kier molecular flexibility index (Phi) is 4.77. The summed E-state index contributed by atoms with van der Waals surface area (Å²) in [6.45, 7) is 1.96. The van der Waals surface area contributed by atoms with Gasteiger partial charge in [0.1, 0.15) is 0 Å². The van der Waals surface area contributed by atoms with Crippen LogP contribution in [-0.4, -0.2) is 17.6 Å². The van der Waals surface area contributed by atoms with Crippen LogP contribution in [0.5, 0.6) is 0 Å². The van der Waals surface area contributed by atoms with Crippen LogP contribution in [0.3, 0.4) is 0 Å². The molecule has 88 valence electrons. The number of carboxylic acids is 1. The first-order valence-corrected chi connectivity index (χ1v) is 5.29. The highest BCUT2D eigenvalue weighted by molar-refractivity contribution is 5.85. The molecule has 1 aromatic rings. The van der Waals surface area contributed by atoms with Crippen LogP contribution in [0.15, 0.2) is 18.2 Å². The van der Waals surface area contributed by atoms with Crippen molar-refractivity contribution in [1.29, 1.82) is 0 Å². The van der Waals surface area contributed by atoms with Crippen molar-refractivity contribution in [2.24, 2.45) is 0 Å². The molecule has 16 heavy (non-hydrogen) atoms. The third kappa shape index (κ3) is 3.22. The number of benzene rings is 1. The van der Waals surface area contributed by atoms with Crippen LogP contribution in [0.25, 0.3) is 0 Å². The van der Waals surface area contributed by atoms with Crippen molar-refractivity contribution in [3.8, 4) is 0 Å². The lowest BCUT2D eigenvalue weighted by molar-refractivity contribution is -0.136. The van der Waals surface area contributed by atoms with Gasteiger partial charge in [0, 0.05) is 13.0 Å². The minimum absolute atomic E-state index is 0. The SMILES string of the molecule is Cl.O=C(O)CCc1ccc2c(c1)CCNC2. The molecule has 1 heterocycles. The molecule has 0 aromatic heterocycles. The van der Waals surface area contributed by atoms with E-state index in [2.05, 4.69) is 17.4 Å². The summed E-state index contributed by atoms with van der Waals surface area (Å²) in [5.41, 5.74) is 3.86. The van der Waals surface area contributed by atoms with Crippen molar-refractivity contribution in [2.75, 3.05) is 6.54 Å². The summed E-state index contributed by atoms with van der Waals surface area (Å²) < 4.78 is 0. The molecule has 2 N–H and O–H groups in total. The fourth-order valence-electron chi connectivity index (χ4n) is 1.94. The topological polar surface area (TPSA) is 49.3 Å². The first kappa shape index (κ1) is 13.0. The van der Waals surface area contributed by atoms with Gasteiger partial charge in [0.05, 0.1) is 0 Å². The van der Waals surface area contributed by atoms with Gasteiger partial charge < -0.3 is 10.4 Å². The molecule has 1 aliphatic rings. The predicted octanol–water partition coefficient (Wildman–Crippen LogP) is 1.77. The van der Waals surface area contributed by atoms with E-state index in [9.17, 15) is 4.79 Å². The summed E-state index contributed by atoms with van der Waals surface area (Å²) in [5, 5.41) is 11.9. The van der Waals surface area contributed by atoms with Crippen LogP contribution >= 0.6 is 12.4 Å². The van der Waals surface area contributed by atoms with E-state index < -0.39 is 5.97 Å². The van der Waals surface area contributed by atoms with Gasteiger partial charge in [-0.1, -0.05) is 18.2 Å². The molecule has 0 atom stereocenters. The molecule has 3 nitrogen and oxygen atoms in total. The van der Waals surface area contributed by atoms with Gasteiger partial charge in [-0.3, -0.25) is 4.79 Å². The second kappa shape index (κ2) is 5.87. The van der Waals surface area contributed by atoms with Crippen LogP contribution in [0, 0.1) is 0 Å². The summed E-state index contributed by atoms with van der Waals surface area (Å²) in [5.74, 6) is -0.727. The number of hydrogen-bond acceptors (Lipinski definition) is 2. The molecule has 0 bridgehead atoms. The highest BCUT2D eigenvalue weighted by atomic mass is 35.5. The Balaban J connectivity index is 0.00000128. The quantitative estimate of drug-likeness (QED) is 0.848. The van der Waals surface area contributed by atoms with Crippen LogP contribution in [0.4, 0.5) is 0 Å². The number of aliphatic carboxylic acids is 1. The van der Waals surface area contributed by atoms with Gasteiger partial charge in [-0.2, -0.15) is 0 Å². The smallest absolute Gasteiger partial charge is 0.303 e. The van der Waals surface area contributed by atoms with Gasteiger partial charge in [-0.15, -0.1) is 12.4 Å². The van der Waals surface area contributed by atoms with Crippen LogP contribution in [0.2, 0.25) is 0 Å². The number of nitrogens with one attached hydrogen (secondary N) is 1. The fraction of sp³-hybridized carbons (Fsp3) is 0.417. The first-order chi connectivity index (χ1) is 7.25. The monoisotopic (exact) mass is 241 g/mol. The number of fused-ring (bicyclic) bond motifs is 1. The van der Waals surface area contributed by atoms with E-state index in [4.69, 9.17) is 5.11 Å². The van der Waals surface area contributed by atoms with E-state index >= 15 is 0 Å². The molecular formula is C12H16ClNO2. The van der Waals surface area contributed by atoms with Crippen LogP contribution < -0.4 is 5.32 Å². The Labute approximate surface area is 101 Å². The Morgan fingerprint density at radius 2 is 2.19 bits per heavy atom. The normalized spacial score (nSPS) is 13.8. The molecule has 1 aromatic carbocycles. The maximum absolute atomic E-state index is 10.5. The molecular weight excluding hydrogens is 226 g/mol. The highest BCUT2D eigenvalue weighted by Crippen LogP contribution is 2.16. The molecule has 0 unspecified atom stereocenters. The summed E-state index contributed by atoms with van der Waals surface area (Å²) >= 11 is 0. The molecule has 2 rings (SSSR count). The van der Waals surface area contributed by atoms with Crippen LogP contribution in [-0.2, 0) is 24.2 Å². The lowest BCUT2D eigenvalue weighted by Crippen LogP contribution is -2.23. The Bertz CT molecular complexity index is 379. The summed E-state index contributed by atoms with van der Waals surface area (Å²) in [7, 11) is 0. The maximum Gasteiger partial charge on any atom is 0.303 e. The van der Waals surface area contributed by atoms with E-state index in [-0.39, 0.29) is 18.8 Å². The van der Waals surface area contributed by atoms with Gasteiger partial charge in [0.2, 0.25) is 0 Å². The van der Waals surface area contributed by atoms with Crippen molar-refractivity contribution < 1.29 is 9.90 Å². The number of rotatable bonds is 3. The van der Waals surface area contributed by atoms with E-state index in [1.165, 1.54) is 11.1 Å². The van der Waals surface area contributed by atoms with Gasteiger partial charge in [0.25, 0.3) is 0 Å². The molecule has 0 spiro atoms. The molecule has 1 aliphatic heterocycles. The standard InChI is InChI=1S/C12H15NO2.ClH/c14-12(15)4-2-9-1-3-11-8-13-6-5-10(11)7-9;/h1,3,7,13H,2,4-6,8H2,(H,14,15);1H. The minimum Gasteiger partial charge on any atom is -0.481 e. The minimum atomic E-state index is -0.727. The molecule has 0 saturated carbocycles. The zero-order valence-electron chi connectivity index (χ0n) is 9.03. The number of aryl methyl sites for hydroxylation is 1. The molecule has 0 amide bonds. The second-order valence-electron chi connectivity index (χ2n) is 3.92. The average Bonchev–Trinajstić information content (AvgIpc) is 2.26. The predicted molar refractivity (Wildman–Crippen MR) is 65.1 cm³/mol. The van der Waals surface area contributed by atoms with E-state index in [1.54, 1.807) is 0 Å². The second-order valence-corrected chi connectivity index (χ2v) is 3.92. The number of hydrogen-bond donors (Lipinski definition) is 2. The van der Waals surface area contributed by atoms with Gasteiger partial charge in [-0.25, -0.2) is 0 Å². The zero-order valence-corrected chi connectivity index (χ0v) is 9.85. The van der Waals surface area contributed by atoms with Crippen molar-refractivity contribution in [2.45, 2.75) is 25.8 Å².